The number of carbonyl (C=O) groups is 1. The lowest BCUT2D eigenvalue weighted by Gasteiger charge is -2.32. The second-order valence-corrected chi connectivity index (χ2v) is 8.55. The van der Waals surface area contributed by atoms with Crippen molar-refractivity contribution in [2.75, 3.05) is 13.1 Å². The lowest BCUT2D eigenvalue weighted by molar-refractivity contribution is -0.132. The molecule has 6 nitrogen and oxygen atoms in total. The first-order valence-corrected chi connectivity index (χ1v) is 11.1. The molecule has 7 heteroatoms. The average molecular weight is 432 g/mol. The molecule has 0 spiro atoms. The number of rotatable bonds is 6. The van der Waals surface area contributed by atoms with E-state index in [2.05, 4.69) is 33.1 Å². The molecule has 1 saturated heterocycles. The number of piperidine rings is 1. The van der Waals surface area contributed by atoms with E-state index in [-0.39, 0.29) is 11.7 Å². The van der Waals surface area contributed by atoms with Crippen LogP contribution in [-0.2, 0) is 17.8 Å². The number of aryl methyl sites for hydroxylation is 1. The highest BCUT2D eigenvalue weighted by atomic mass is 19.1. The minimum atomic E-state index is -0.250. The molecule has 0 aliphatic carbocycles. The molecule has 32 heavy (non-hydrogen) atoms. The summed E-state index contributed by atoms with van der Waals surface area (Å²) in [5.74, 6) is 0.432. The van der Waals surface area contributed by atoms with E-state index >= 15 is 0 Å². The van der Waals surface area contributed by atoms with E-state index in [1.807, 2.05) is 23.4 Å². The summed E-state index contributed by atoms with van der Waals surface area (Å²) in [6.07, 6.45) is 10.6. The molecule has 1 aromatic carbocycles. The Morgan fingerprint density at radius 3 is 2.78 bits per heavy atom. The first-order chi connectivity index (χ1) is 15.7. The Balaban J connectivity index is 1.15. The van der Waals surface area contributed by atoms with Crippen LogP contribution in [0.5, 0.6) is 0 Å². The lowest BCUT2D eigenvalue weighted by atomic mass is 9.96. The Kier molecular flexibility index (Phi) is 5.71. The summed E-state index contributed by atoms with van der Waals surface area (Å²) in [6.45, 7) is 2.47. The zero-order valence-electron chi connectivity index (χ0n) is 17.9. The van der Waals surface area contributed by atoms with Gasteiger partial charge in [0.1, 0.15) is 11.5 Å². The number of pyridine rings is 1. The van der Waals surface area contributed by atoms with Gasteiger partial charge in [-0.2, -0.15) is 5.10 Å². The number of nitrogens with one attached hydrogen (secondary N) is 1. The highest BCUT2D eigenvalue weighted by Gasteiger charge is 2.23. The van der Waals surface area contributed by atoms with Gasteiger partial charge in [-0.15, -0.1) is 0 Å². The van der Waals surface area contributed by atoms with Crippen LogP contribution in [0.1, 0.15) is 24.8 Å². The first kappa shape index (κ1) is 20.4. The molecule has 3 aromatic heterocycles. The van der Waals surface area contributed by atoms with Crippen LogP contribution in [0.4, 0.5) is 4.39 Å². The van der Waals surface area contributed by atoms with Crippen molar-refractivity contribution in [2.24, 2.45) is 5.92 Å². The maximum Gasteiger partial charge on any atom is 0.222 e. The Morgan fingerprint density at radius 2 is 2.00 bits per heavy atom. The normalized spacial score (nSPS) is 14.8. The maximum absolute atomic E-state index is 13.3. The molecule has 4 heterocycles. The lowest BCUT2D eigenvalue weighted by Crippen LogP contribution is -2.39. The Morgan fingerprint density at radius 1 is 1.12 bits per heavy atom. The van der Waals surface area contributed by atoms with E-state index < -0.39 is 0 Å². The van der Waals surface area contributed by atoms with E-state index in [0.29, 0.717) is 18.8 Å². The summed E-state index contributed by atoms with van der Waals surface area (Å²) in [5, 5.41) is 7.97. The van der Waals surface area contributed by atoms with Gasteiger partial charge in [-0.25, -0.2) is 9.37 Å². The third-order valence-corrected chi connectivity index (χ3v) is 6.37. The van der Waals surface area contributed by atoms with E-state index in [4.69, 9.17) is 4.98 Å². The van der Waals surface area contributed by atoms with Crippen LogP contribution >= 0.6 is 0 Å². The Bertz CT molecular complexity index is 1210. The summed E-state index contributed by atoms with van der Waals surface area (Å²) in [5.41, 5.74) is 3.94. The number of benzene rings is 1. The smallest absolute Gasteiger partial charge is 0.222 e. The van der Waals surface area contributed by atoms with Crippen LogP contribution in [-0.4, -0.2) is 43.6 Å². The maximum atomic E-state index is 13.3. The van der Waals surface area contributed by atoms with Gasteiger partial charge in [0.2, 0.25) is 5.91 Å². The van der Waals surface area contributed by atoms with Crippen molar-refractivity contribution in [3.63, 3.8) is 0 Å². The number of hydrogen-bond acceptors (Lipinski definition) is 3. The summed E-state index contributed by atoms with van der Waals surface area (Å²) in [4.78, 5) is 19.2. The van der Waals surface area contributed by atoms with Crippen molar-refractivity contribution in [3.05, 3.63) is 72.6 Å². The highest BCUT2D eigenvalue weighted by molar-refractivity contribution is 5.81. The number of halogens is 1. The monoisotopic (exact) mass is 431 g/mol. The standard InChI is InChI=1S/C25H26FN5O/c26-23-3-1-2-18(12-23)4-5-24(32)30-9-6-19(7-10-30)17-31-11-8-20-13-21(14-27-25(20)31)22-15-28-29-16-22/h1-3,8,11-16,19H,4-7,9-10,17H2,(H,28,29). The zero-order valence-corrected chi connectivity index (χ0v) is 17.9. The number of H-pyrrole nitrogens is 1. The van der Waals surface area contributed by atoms with E-state index in [1.54, 1.807) is 12.3 Å². The van der Waals surface area contributed by atoms with Crippen molar-refractivity contribution in [3.8, 4) is 11.1 Å². The average Bonchev–Trinajstić information content (AvgIpc) is 3.48. The van der Waals surface area contributed by atoms with Gasteiger partial charge < -0.3 is 9.47 Å². The molecule has 1 aliphatic heterocycles. The van der Waals surface area contributed by atoms with Crippen LogP contribution < -0.4 is 0 Å². The number of aromatic amines is 1. The van der Waals surface area contributed by atoms with Gasteiger partial charge in [0, 0.05) is 61.2 Å². The van der Waals surface area contributed by atoms with Crippen molar-refractivity contribution >= 4 is 16.9 Å². The largest absolute Gasteiger partial charge is 0.343 e. The molecule has 0 saturated carbocycles. The predicted octanol–water partition coefficient (Wildman–Crippen LogP) is 4.44. The van der Waals surface area contributed by atoms with Crippen molar-refractivity contribution < 1.29 is 9.18 Å². The molecular formula is C25H26FN5O. The molecule has 5 rings (SSSR count). The van der Waals surface area contributed by atoms with Gasteiger partial charge in [-0.3, -0.25) is 9.89 Å². The van der Waals surface area contributed by atoms with E-state index in [9.17, 15) is 9.18 Å². The topological polar surface area (TPSA) is 66.8 Å². The fourth-order valence-electron chi connectivity index (χ4n) is 4.54. The molecule has 0 radical (unpaired) electrons. The van der Waals surface area contributed by atoms with Gasteiger partial charge in [0.05, 0.1) is 6.20 Å². The third kappa shape index (κ3) is 4.42. The molecule has 4 aromatic rings. The van der Waals surface area contributed by atoms with Crippen LogP contribution in [0.15, 0.2) is 61.2 Å². The Labute approximate surface area is 186 Å². The minimum Gasteiger partial charge on any atom is -0.343 e. The zero-order chi connectivity index (χ0) is 21.9. The number of nitrogens with zero attached hydrogens (tertiary/aromatic N) is 4. The van der Waals surface area contributed by atoms with Crippen LogP contribution in [0.3, 0.4) is 0 Å². The summed E-state index contributed by atoms with van der Waals surface area (Å²) >= 11 is 0. The van der Waals surface area contributed by atoms with Gasteiger partial charge in [0.15, 0.2) is 0 Å². The van der Waals surface area contributed by atoms with Crippen molar-refractivity contribution in [1.29, 1.82) is 0 Å². The fourth-order valence-corrected chi connectivity index (χ4v) is 4.54. The molecule has 1 N–H and O–H groups in total. The fraction of sp³-hybridized carbons (Fsp3) is 0.320. The number of carbonyl (C=O) groups excluding carboxylic acids is 1. The molecule has 1 amide bonds. The van der Waals surface area contributed by atoms with Gasteiger partial charge in [-0.1, -0.05) is 12.1 Å². The van der Waals surface area contributed by atoms with Crippen molar-refractivity contribution in [2.45, 2.75) is 32.2 Å². The number of likely N-dealkylation sites (tertiary alicyclic amines) is 1. The molecule has 0 atom stereocenters. The first-order valence-electron chi connectivity index (χ1n) is 11.1. The molecule has 1 fully saturated rings. The number of hydrogen-bond donors (Lipinski definition) is 1. The van der Waals surface area contributed by atoms with Crippen LogP contribution in [0, 0.1) is 11.7 Å². The Hall–Kier alpha value is -3.48. The quantitative estimate of drug-likeness (QED) is 0.491. The molecule has 1 aliphatic rings. The molecular weight excluding hydrogens is 405 g/mol. The SMILES string of the molecule is O=C(CCc1cccc(F)c1)N1CCC(Cn2ccc3cc(-c4cn[nH]c4)cnc32)CC1. The number of amides is 1. The molecule has 0 unspecified atom stereocenters. The number of fused-ring (bicyclic) bond motifs is 1. The summed E-state index contributed by atoms with van der Waals surface area (Å²) < 4.78 is 15.5. The highest BCUT2D eigenvalue weighted by Crippen LogP contribution is 2.25. The predicted molar refractivity (Wildman–Crippen MR) is 121 cm³/mol. The third-order valence-electron chi connectivity index (χ3n) is 6.37. The second-order valence-electron chi connectivity index (χ2n) is 8.55. The second kappa shape index (κ2) is 8.94. The van der Waals surface area contributed by atoms with Gasteiger partial charge >= 0.3 is 0 Å². The summed E-state index contributed by atoms with van der Waals surface area (Å²) in [6, 6.07) is 10.8. The molecule has 0 bridgehead atoms. The van der Waals surface area contributed by atoms with E-state index in [1.165, 1.54) is 12.1 Å². The van der Waals surface area contributed by atoms with E-state index in [0.717, 1.165) is 60.2 Å². The number of aromatic nitrogens is 4. The summed E-state index contributed by atoms with van der Waals surface area (Å²) in [7, 11) is 0. The van der Waals surface area contributed by atoms with Crippen LogP contribution in [0.25, 0.3) is 22.2 Å². The minimum absolute atomic E-state index is 0.160. The van der Waals surface area contributed by atoms with Gasteiger partial charge in [0.25, 0.3) is 0 Å². The van der Waals surface area contributed by atoms with Gasteiger partial charge in [-0.05, 0) is 55.0 Å². The molecule has 164 valence electrons. The van der Waals surface area contributed by atoms with Crippen molar-refractivity contribution in [1.82, 2.24) is 24.6 Å². The van der Waals surface area contributed by atoms with Crippen LogP contribution in [0.2, 0.25) is 0 Å².